The minimum absolute atomic E-state index is 0.122. The van der Waals surface area contributed by atoms with E-state index in [0.717, 1.165) is 22.7 Å². The third-order valence-corrected chi connectivity index (χ3v) is 2.72. The van der Waals surface area contributed by atoms with Crippen LogP contribution in [0.5, 0.6) is 0 Å². The van der Waals surface area contributed by atoms with Crippen LogP contribution in [0.4, 0.5) is 11.7 Å². The highest BCUT2D eigenvalue weighted by Gasteiger charge is 2.10. The summed E-state index contributed by atoms with van der Waals surface area (Å²) in [5.74, 6) is -1.12. The number of fused-ring (bicyclic) bond motifs is 1. The van der Waals surface area contributed by atoms with Gasteiger partial charge < -0.3 is 14.8 Å². The van der Waals surface area contributed by atoms with Crippen molar-refractivity contribution in [2.45, 2.75) is 0 Å². The van der Waals surface area contributed by atoms with Crippen LogP contribution in [0.3, 0.4) is 0 Å². The maximum atomic E-state index is 10.7. The van der Waals surface area contributed by atoms with E-state index in [4.69, 9.17) is 9.52 Å². The van der Waals surface area contributed by atoms with E-state index in [9.17, 15) is 4.79 Å². The number of benzene rings is 2. The Kier molecular flexibility index (Phi) is 2.64. The van der Waals surface area contributed by atoms with Gasteiger partial charge in [-0.25, -0.2) is 4.79 Å². The van der Waals surface area contributed by atoms with Gasteiger partial charge in [-0.15, -0.1) is 0 Å². The second-order valence-electron chi connectivity index (χ2n) is 4.03. The van der Waals surface area contributed by atoms with Crippen molar-refractivity contribution in [2.24, 2.45) is 0 Å². The standard InChI is InChI=1S/C14H10N2O3/c17-13(18)12-8-19-14(16-12)15-11-6-5-9-3-1-2-4-10(9)7-11/h1-8H,(H,15,16)(H,17,18). The van der Waals surface area contributed by atoms with Crippen LogP contribution in [0, 0.1) is 0 Å². The van der Waals surface area contributed by atoms with Crippen molar-refractivity contribution in [3.63, 3.8) is 0 Å². The van der Waals surface area contributed by atoms with E-state index >= 15 is 0 Å². The summed E-state index contributed by atoms with van der Waals surface area (Å²) in [7, 11) is 0. The molecule has 5 nitrogen and oxygen atoms in total. The second kappa shape index (κ2) is 4.45. The molecular weight excluding hydrogens is 244 g/mol. The van der Waals surface area contributed by atoms with Crippen LogP contribution >= 0.6 is 0 Å². The molecule has 0 aliphatic heterocycles. The Morgan fingerprint density at radius 2 is 1.95 bits per heavy atom. The lowest BCUT2D eigenvalue weighted by molar-refractivity contribution is 0.0690. The predicted molar refractivity (Wildman–Crippen MR) is 70.7 cm³/mol. The van der Waals surface area contributed by atoms with Crippen LogP contribution in [-0.2, 0) is 0 Å². The van der Waals surface area contributed by atoms with Gasteiger partial charge in [0.05, 0.1) is 0 Å². The summed E-state index contributed by atoms with van der Waals surface area (Å²) >= 11 is 0. The highest BCUT2D eigenvalue weighted by atomic mass is 16.4. The number of carbonyl (C=O) groups is 1. The highest BCUT2D eigenvalue weighted by molar-refractivity contribution is 5.87. The molecular formula is C14H10N2O3. The van der Waals surface area contributed by atoms with E-state index in [1.807, 2.05) is 42.5 Å². The molecule has 0 spiro atoms. The van der Waals surface area contributed by atoms with Gasteiger partial charge in [-0.1, -0.05) is 30.3 Å². The molecule has 2 N–H and O–H groups in total. The van der Waals surface area contributed by atoms with Crippen LogP contribution in [-0.4, -0.2) is 16.1 Å². The van der Waals surface area contributed by atoms with Crippen LogP contribution in [0.15, 0.2) is 53.1 Å². The number of oxazole rings is 1. The number of nitrogens with one attached hydrogen (secondary N) is 1. The summed E-state index contributed by atoms with van der Waals surface area (Å²) in [6, 6.07) is 13.9. The molecule has 3 aromatic rings. The molecule has 0 fully saturated rings. The minimum Gasteiger partial charge on any atom is -0.476 e. The molecule has 2 aromatic carbocycles. The molecule has 1 aromatic heterocycles. The topological polar surface area (TPSA) is 75.4 Å². The van der Waals surface area contributed by atoms with Gasteiger partial charge in [0.1, 0.15) is 6.26 Å². The van der Waals surface area contributed by atoms with Gasteiger partial charge in [0.2, 0.25) is 0 Å². The Labute approximate surface area is 108 Å². The molecule has 0 amide bonds. The van der Waals surface area contributed by atoms with E-state index in [1.165, 1.54) is 0 Å². The predicted octanol–water partition coefficient (Wildman–Crippen LogP) is 3.27. The molecule has 94 valence electrons. The van der Waals surface area contributed by atoms with Crippen LogP contribution in [0.2, 0.25) is 0 Å². The summed E-state index contributed by atoms with van der Waals surface area (Å²) in [5.41, 5.74) is 0.667. The highest BCUT2D eigenvalue weighted by Crippen LogP contribution is 2.21. The Hall–Kier alpha value is -2.82. The molecule has 0 aliphatic carbocycles. The lowest BCUT2D eigenvalue weighted by Gasteiger charge is -2.03. The van der Waals surface area contributed by atoms with Gasteiger partial charge in [-0.2, -0.15) is 4.98 Å². The molecule has 3 rings (SSSR count). The zero-order valence-electron chi connectivity index (χ0n) is 9.83. The normalized spacial score (nSPS) is 10.5. The fourth-order valence-corrected chi connectivity index (χ4v) is 1.82. The number of anilines is 2. The maximum Gasteiger partial charge on any atom is 0.357 e. The van der Waals surface area contributed by atoms with E-state index in [0.29, 0.717) is 0 Å². The maximum absolute atomic E-state index is 10.7. The number of hydrogen-bond acceptors (Lipinski definition) is 4. The second-order valence-corrected chi connectivity index (χ2v) is 4.03. The minimum atomic E-state index is -1.12. The average Bonchev–Trinajstić information content (AvgIpc) is 2.87. The summed E-state index contributed by atoms with van der Waals surface area (Å²) in [6.07, 6.45) is 1.10. The van der Waals surface area contributed by atoms with Crippen LogP contribution in [0.25, 0.3) is 10.8 Å². The fourth-order valence-electron chi connectivity index (χ4n) is 1.82. The SMILES string of the molecule is O=C(O)c1coc(Nc2ccc3ccccc3c2)n1. The number of carboxylic acid groups (broad SMARTS) is 1. The summed E-state index contributed by atoms with van der Waals surface area (Å²) in [5, 5.41) is 13.9. The number of hydrogen-bond donors (Lipinski definition) is 2. The van der Waals surface area contributed by atoms with Crippen LogP contribution < -0.4 is 5.32 Å². The molecule has 0 saturated heterocycles. The molecule has 19 heavy (non-hydrogen) atoms. The zero-order valence-corrected chi connectivity index (χ0v) is 9.83. The van der Waals surface area contributed by atoms with Crippen molar-refractivity contribution >= 4 is 28.4 Å². The molecule has 0 bridgehead atoms. The molecule has 5 heteroatoms. The monoisotopic (exact) mass is 254 g/mol. The molecule has 0 aliphatic rings. The fraction of sp³-hybridized carbons (Fsp3) is 0. The first-order valence-corrected chi connectivity index (χ1v) is 5.67. The molecule has 0 radical (unpaired) electrons. The van der Waals surface area contributed by atoms with Gasteiger partial charge in [-0.05, 0) is 22.9 Å². The summed E-state index contributed by atoms with van der Waals surface area (Å²) in [4.78, 5) is 14.5. The van der Waals surface area contributed by atoms with Gasteiger partial charge in [0.15, 0.2) is 5.69 Å². The lowest BCUT2D eigenvalue weighted by atomic mass is 10.1. The Bertz CT molecular complexity index is 749. The van der Waals surface area contributed by atoms with Crippen LogP contribution in [0.1, 0.15) is 10.5 Å². The third-order valence-electron chi connectivity index (χ3n) is 2.72. The Morgan fingerprint density at radius 3 is 2.68 bits per heavy atom. The number of rotatable bonds is 3. The van der Waals surface area contributed by atoms with E-state index in [1.54, 1.807) is 0 Å². The van der Waals surface area contributed by atoms with E-state index in [2.05, 4.69) is 10.3 Å². The van der Waals surface area contributed by atoms with Crippen molar-refractivity contribution < 1.29 is 14.3 Å². The largest absolute Gasteiger partial charge is 0.476 e. The summed E-state index contributed by atoms with van der Waals surface area (Å²) in [6.45, 7) is 0. The zero-order chi connectivity index (χ0) is 13.2. The van der Waals surface area contributed by atoms with Crippen molar-refractivity contribution in [3.05, 3.63) is 54.4 Å². The van der Waals surface area contributed by atoms with E-state index in [-0.39, 0.29) is 11.7 Å². The lowest BCUT2D eigenvalue weighted by Crippen LogP contribution is -1.97. The molecule has 0 unspecified atom stereocenters. The summed E-state index contributed by atoms with van der Waals surface area (Å²) < 4.78 is 5.04. The van der Waals surface area contributed by atoms with Crippen molar-refractivity contribution in [1.82, 2.24) is 4.98 Å². The number of aromatic nitrogens is 1. The molecule has 0 saturated carbocycles. The van der Waals surface area contributed by atoms with Crippen molar-refractivity contribution in [2.75, 3.05) is 5.32 Å². The molecule has 0 atom stereocenters. The van der Waals surface area contributed by atoms with Gasteiger partial charge in [0.25, 0.3) is 6.01 Å². The van der Waals surface area contributed by atoms with Gasteiger partial charge in [-0.3, -0.25) is 0 Å². The Balaban J connectivity index is 1.89. The number of carboxylic acids is 1. The number of aromatic carboxylic acids is 1. The quantitative estimate of drug-likeness (QED) is 0.750. The number of nitrogens with zero attached hydrogens (tertiary/aromatic N) is 1. The average molecular weight is 254 g/mol. The molecule has 1 heterocycles. The third kappa shape index (κ3) is 2.26. The van der Waals surface area contributed by atoms with Gasteiger partial charge >= 0.3 is 5.97 Å². The smallest absolute Gasteiger partial charge is 0.357 e. The van der Waals surface area contributed by atoms with Crippen molar-refractivity contribution in [1.29, 1.82) is 0 Å². The van der Waals surface area contributed by atoms with Crippen molar-refractivity contribution in [3.8, 4) is 0 Å². The first-order chi connectivity index (χ1) is 9.22. The first kappa shape index (κ1) is 11.3. The van der Waals surface area contributed by atoms with Gasteiger partial charge in [0, 0.05) is 5.69 Å². The van der Waals surface area contributed by atoms with E-state index < -0.39 is 5.97 Å². The Morgan fingerprint density at radius 1 is 1.16 bits per heavy atom. The first-order valence-electron chi connectivity index (χ1n) is 5.67.